The summed E-state index contributed by atoms with van der Waals surface area (Å²) in [6, 6.07) is 7.28. The Bertz CT molecular complexity index is 614. The Kier molecular flexibility index (Phi) is 5.91. The van der Waals surface area contributed by atoms with Crippen LogP contribution in [0.1, 0.15) is 29.6 Å². The van der Waals surface area contributed by atoms with Crippen LogP contribution in [0.15, 0.2) is 24.3 Å². The van der Waals surface area contributed by atoms with E-state index >= 15 is 0 Å². The lowest BCUT2D eigenvalue weighted by molar-refractivity contribution is -0.131. The van der Waals surface area contributed by atoms with E-state index < -0.39 is 0 Å². The fraction of sp³-hybridized carbons (Fsp3) is 0.579. The first-order valence-corrected chi connectivity index (χ1v) is 9.11. The molecule has 2 aliphatic rings. The number of hydrogen-bond acceptors (Lipinski definition) is 4. The number of hydrogen-bond donors (Lipinski definition) is 0. The molecule has 2 saturated heterocycles. The van der Waals surface area contributed by atoms with Crippen molar-refractivity contribution in [3.63, 3.8) is 0 Å². The third kappa shape index (κ3) is 4.51. The first kappa shape index (κ1) is 17.7. The van der Waals surface area contributed by atoms with Crippen LogP contribution in [0.2, 0.25) is 0 Å². The fourth-order valence-electron chi connectivity index (χ4n) is 3.53. The van der Waals surface area contributed by atoms with Gasteiger partial charge in [0.05, 0.1) is 13.7 Å². The summed E-state index contributed by atoms with van der Waals surface area (Å²) in [5.41, 5.74) is 0.654. The highest BCUT2D eigenvalue weighted by atomic mass is 16.5. The van der Waals surface area contributed by atoms with Gasteiger partial charge in [-0.05, 0) is 37.5 Å². The SMILES string of the molecule is COc1cccc(C(=O)N2CCCN(CC(=O)N3CCCC3)CC2)c1. The first-order chi connectivity index (χ1) is 12.2. The van der Waals surface area contributed by atoms with Crippen LogP contribution in [0.25, 0.3) is 0 Å². The molecule has 1 aromatic carbocycles. The van der Waals surface area contributed by atoms with Gasteiger partial charge in [-0.25, -0.2) is 0 Å². The van der Waals surface area contributed by atoms with Gasteiger partial charge in [0.15, 0.2) is 0 Å². The Morgan fingerprint density at radius 3 is 2.48 bits per heavy atom. The Morgan fingerprint density at radius 2 is 1.72 bits per heavy atom. The summed E-state index contributed by atoms with van der Waals surface area (Å²) in [5, 5.41) is 0. The second kappa shape index (κ2) is 8.34. The monoisotopic (exact) mass is 345 g/mol. The summed E-state index contributed by atoms with van der Waals surface area (Å²) in [4.78, 5) is 31.1. The highest BCUT2D eigenvalue weighted by Gasteiger charge is 2.24. The molecule has 2 heterocycles. The number of methoxy groups -OCH3 is 1. The molecule has 0 spiro atoms. The number of likely N-dealkylation sites (tertiary alicyclic amines) is 1. The number of rotatable bonds is 4. The molecule has 0 aromatic heterocycles. The number of carbonyl (C=O) groups is 2. The molecule has 0 aliphatic carbocycles. The van der Waals surface area contributed by atoms with E-state index in [1.807, 2.05) is 28.0 Å². The maximum Gasteiger partial charge on any atom is 0.254 e. The van der Waals surface area contributed by atoms with Gasteiger partial charge < -0.3 is 14.5 Å². The second-order valence-electron chi connectivity index (χ2n) is 6.74. The van der Waals surface area contributed by atoms with E-state index in [1.54, 1.807) is 13.2 Å². The Labute approximate surface area is 149 Å². The second-order valence-corrected chi connectivity index (χ2v) is 6.74. The smallest absolute Gasteiger partial charge is 0.254 e. The molecule has 6 nitrogen and oxygen atoms in total. The summed E-state index contributed by atoms with van der Waals surface area (Å²) >= 11 is 0. The topological polar surface area (TPSA) is 53.1 Å². The molecular formula is C19H27N3O3. The summed E-state index contributed by atoms with van der Waals surface area (Å²) in [5.74, 6) is 0.954. The van der Waals surface area contributed by atoms with Gasteiger partial charge in [0.25, 0.3) is 5.91 Å². The zero-order valence-electron chi connectivity index (χ0n) is 14.9. The molecule has 0 N–H and O–H groups in total. The number of nitrogens with zero attached hydrogens (tertiary/aromatic N) is 3. The van der Waals surface area contributed by atoms with Crippen LogP contribution in [0.4, 0.5) is 0 Å². The van der Waals surface area contributed by atoms with Crippen molar-refractivity contribution < 1.29 is 14.3 Å². The van der Waals surface area contributed by atoms with E-state index in [0.29, 0.717) is 24.4 Å². The van der Waals surface area contributed by atoms with Crippen molar-refractivity contribution in [2.75, 3.05) is 52.9 Å². The normalized spacial score (nSPS) is 18.9. The lowest BCUT2D eigenvalue weighted by Gasteiger charge is -2.24. The van der Waals surface area contributed by atoms with Crippen molar-refractivity contribution in [2.24, 2.45) is 0 Å². The summed E-state index contributed by atoms with van der Waals surface area (Å²) < 4.78 is 5.21. The number of carbonyl (C=O) groups excluding carboxylic acids is 2. The lowest BCUT2D eigenvalue weighted by Crippen LogP contribution is -2.41. The molecule has 3 rings (SSSR count). The quantitative estimate of drug-likeness (QED) is 0.829. The minimum absolute atomic E-state index is 0.0339. The zero-order valence-corrected chi connectivity index (χ0v) is 14.9. The zero-order chi connectivity index (χ0) is 17.6. The van der Waals surface area contributed by atoms with Crippen molar-refractivity contribution in [3.8, 4) is 5.75 Å². The molecular weight excluding hydrogens is 318 g/mol. The summed E-state index contributed by atoms with van der Waals surface area (Å²) in [6.07, 6.45) is 3.13. The van der Waals surface area contributed by atoms with Crippen LogP contribution < -0.4 is 4.74 Å². The largest absolute Gasteiger partial charge is 0.497 e. The van der Waals surface area contributed by atoms with Gasteiger partial charge in [-0.3, -0.25) is 14.5 Å². The van der Waals surface area contributed by atoms with E-state index in [4.69, 9.17) is 4.74 Å². The van der Waals surface area contributed by atoms with Crippen LogP contribution in [-0.4, -0.2) is 79.4 Å². The summed E-state index contributed by atoms with van der Waals surface area (Å²) in [7, 11) is 1.60. The first-order valence-electron chi connectivity index (χ1n) is 9.11. The molecule has 0 atom stereocenters. The minimum Gasteiger partial charge on any atom is -0.497 e. The van der Waals surface area contributed by atoms with E-state index in [0.717, 1.165) is 52.0 Å². The molecule has 0 bridgehead atoms. The van der Waals surface area contributed by atoms with Crippen LogP contribution in [-0.2, 0) is 4.79 Å². The predicted molar refractivity (Wildman–Crippen MR) is 95.8 cm³/mol. The maximum absolute atomic E-state index is 12.7. The van der Waals surface area contributed by atoms with Crippen molar-refractivity contribution >= 4 is 11.8 Å². The standard InChI is InChI=1S/C19H27N3O3/c1-25-17-7-4-6-16(14-17)19(24)22-11-5-8-20(12-13-22)15-18(23)21-9-2-3-10-21/h4,6-7,14H,2-3,5,8-13,15H2,1H3. The highest BCUT2D eigenvalue weighted by molar-refractivity contribution is 5.94. The van der Waals surface area contributed by atoms with Gasteiger partial charge in [-0.15, -0.1) is 0 Å². The van der Waals surface area contributed by atoms with Gasteiger partial charge >= 0.3 is 0 Å². The van der Waals surface area contributed by atoms with Gasteiger partial charge in [0.2, 0.25) is 5.91 Å². The average molecular weight is 345 g/mol. The van der Waals surface area contributed by atoms with Gasteiger partial charge in [-0.1, -0.05) is 6.07 Å². The van der Waals surface area contributed by atoms with Crippen LogP contribution >= 0.6 is 0 Å². The summed E-state index contributed by atoms with van der Waals surface area (Å²) in [6.45, 7) is 5.26. The molecule has 2 amide bonds. The molecule has 25 heavy (non-hydrogen) atoms. The van der Waals surface area contributed by atoms with E-state index in [2.05, 4.69) is 4.90 Å². The Morgan fingerprint density at radius 1 is 0.960 bits per heavy atom. The predicted octanol–water partition coefficient (Wildman–Crippen LogP) is 1.47. The minimum atomic E-state index is 0.0339. The average Bonchev–Trinajstić information content (AvgIpc) is 3.09. The molecule has 1 aromatic rings. The van der Waals surface area contributed by atoms with Gasteiger partial charge in [0.1, 0.15) is 5.75 Å². The Hall–Kier alpha value is -2.08. The van der Waals surface area contributed by atoms with E-state index in [1.165, 1.54) is 0 Å². The number of amides is 2. The molecule has 0 unspecified atom stereocenters. The highest BCUT2D eigenvalue weighted by Crippen LogP contribution is 2.16. The lowest BCUT2D eigenvalue weighted by atomic mass is 10.2. The maximum atomic E-state index is 12.7. The molecule has 136 valence electrons. The third-order valence-corrected chi connectivity index (χ3v) is 5.01. The van der Waals surface area contributed by atoms with Crippen molar-refractivity contribution in [2.45, 2.75) is 19.3 Å². The fourth-order valence-corrected chi connectivity index (χ4v) is 3.53. The van der Waals surface area contributed by atoms with Crippen molar-refractivity contribution in [1.29, 1.82) is 0 Å². The van der Waals surface area contributed by atoms with E-state index in [-0.39, 0.29) is 11.8 Å². The van der Waals surface area contributed by atoms with Crippen molar-refractivity contribution in [3.05, 3.63) is 29.8 Å². The molecule has 0 radical (unpaired) electrons. The van der Waals surface area contributed by atoms with Crippen LogP contribution in [0.3, 0.4) is 0 Å². The molecule has 6 heteroatoms. The third-order valence-electron chi connectivity index (χ3n) is 5.01. The number of ether oxygens (including phenoxy) is 1. The van der Waals surface area contributed by atoms with E-state index in [9.17, 15) is 9.59 Å². The molecule has 0 saturated carbocycles. The van der Waals surface area contributed by atoms with Crippen molar-refractivity contribution in [1.82, 2.24) is 14.7 Å². The van der Waals surface area contributed by atoms with Crippen LogP contribution in [0.5, 0.6) is 5.75 Å². The number of benzene rings is 1. The molecule has 2 fully saturated rings. The molecule has 2 aliphatic heterocycles. The van der Waals surface area contributed by atoms with Gasteiger partial charge in [0, 0.05) is 44.8 Å². The van der Waals surface area contributed by atoms with Gasteiger partial charge in [-0.2, -0.15) is 0 Å². The van der Waals surface area contributed by atoms with Crippen LogP contribution in [0, 0.1) is 0 Å². The Balaban J connectivity index is 1.55.